The summed E-state index contributed by atoms with van der Waals surface area (Å²) in [6.07, 6.45) is 7.67. The first-order valence-electron chi connectivity index (χ1n) is 11.3. The van der Waals surface area contributed by atoms with Crippen LogP contribution in [0.5, 0.6) is 0 Å². The molecule has 3 aliphatic rings. The number of hydrogen-bond acceptors (Lipinski definition) is 4. The summed E-state index contributed by atoms with van der Waals surface area (Å²) in [5, 5.41) is 5.85. The molecule has 3 fully saturated rings. The minimum atomic E-state index is -0.0968. The number of nitrogens with one attached hydrogen (secondary N) is 2. The monoisotopic (exact) mass is 412 g/mol. The van der Waals surface area contributed by atoms with Crippen LogP contribution in [0.15, 0.2) is 24.3 Å². The highest BCUT2D eigenvalue weighted by molar-refractivity contribution is 5.97. The van der Waals surface area contributed by atoms with E-state index in [2.05, 4.69) is 15.5 Å². The van der Waals surface area contributed by atoms with Crippen molar-refractivity contribution in [2.75, 3.05) is 38.0 Å². The second kappa shape index (κ2) is 9.60. The molecular weight excluding hydrogens is 380 g/mol. The molecular formula is C23H32N4O3. The van der Waals surface area contributed by atoms with E-state index in [4.69, 9.17) is 0 Å². The molecule has 1 saturated heterocycles. The lowest BCUT2D eigenvalue weighted by atomic mass is 10.0. The Morgan fingerprint density at radius 2 is 1.70 bits per heavy atom. The van der Waals surface area contributed by atoms with Gasteiger partial charge in [-0.25, -0.2) is 0 Å². The molecule has 162 valence electrons. The molecule has 2 aliphatic carbocycles. The first-order chi connectivity index (χ1) is 14.6. The van der Waals surface area contributed by atoms with Crippen LogP contribution < -0.4 is 10.6 Å². The number of rotatable bonds is 7. The van der Waals surface area contributed by atoms with Crippen molar-refractivity contribution in [3.05, 3.63) is 29.8 Å². The Morgan fingerprint density at radius 3 is 2.40 bits per heavy atom. The van der Waals surface area contributed by atoms with Crippen molar-refractivity contribution in [3.8, 4) is 0 Å². The number of piperazine rings is 1. The van der Waals surface area contributed by atoms with Gasteiger partial charge < -0.3 is 15.5 Å². The molecule has 7 nitrogen and oxygen atoms in total. The number of nitrogens with zero attached hydrogens (tertiary/aromatic N) is 2. The lowest BCUT2D eigenvalue weighted by molar-refractivity contribution is -0.134. The van der Waals surface area contributed by atoms with Gasteiger partial charge in [-0.1, -0.05) is 18.9 Å². The van der Waals surface area contributed by atoms with Crippen molar-refractivity contribution in [2.24, 2.45) is 5.92 Å². The molecule has 2 saturated carbocycles. The Bertz CT molecular complexity index is 778. The minimum Gasteiger partial charge on any atom is -0.349 e. The molecule has 0 spiro atoms. The third kappa shape index (κ3) is 5.81. The zero-order chi connectivity index (χ0) is 20.9. The highest BCUT2D eigenvalue weighted by Crippen LogP contribution is 2.28. The summed E-state index contributed by atoms with van der Waals surface area (Å²) < 4.78 is 0. The van der Waals surface area contributed by atoms with Crippen LogP contribution in [-0.2, 0) is 9.59 Å². The van der Waals surface area contributed by atoms with Gasteiger partial charge >= 0.3 is 0 Å². The summed E-state index contributed by atoms with van der Waals surface area (Å²) in [4.78, 5) is 41.2. The highest BCUT2D eigenvalue weighted by Gasteiger charge is 2.26. The van der Waals surface area contributed by atoms with Gasteiger partial charge in [-0.15, -0.1) is 0 Å². The average molecular weight is 413 g/mol. The van der Waals surface area contributed by atoms with E-state index < -0.39 is 0 Å². The molecule has 2 N–H and O–H groups in total. The van der Waals surface area contributed by atoms with Crippen molar-refractivity contribution >= 4 is 23.4 Å². The van der Waals surface area contributed by atoms with Crippen LogP contribution in [-0.4, -0.2) is 66.3 Å². The fourth-order valence-electron chi connectivity index (χ4n) is 4.38. The zero-order valence-electron chi connectivity index (χ0n) is 17.6. The normalized spacial score (nSPS) is 20.2. The molecule has 0 atom stereocenters. The fourth-order valence-corrected chi connectivity index (χ4v) is 4.38. The molecule has 4 rings (SSSR count). The molecule has 1 heterocycles. The molecule has 0 unspecified atom stereocenters. The Kier molecular flexibility index (Phi) is 6.67. The second-order valence-corrected chi connectivity index (χ2v) is 8.89. The number of anilines is 1. The topological polar surface area (TPSA) is 81.8 Å². The predicted molar refractivity (Wildman–Crippen MR) is 115 cm³/mol. The van der Waals surface area contributed by atoms with E-state index in [1.54, 1.807) is 24.3 Å². The molecule has 3 amide bonds. The van der Waals surface area contributed by atoms with Crippen LogP contribution in [0.3, 0.4) is 0 Å². The van der Waals surface area contributed by atoms with Crippen molar-refractivity contribution < 1.29 is 14.4 Å². The number of hydrogen-bond donors (Lipinski definition) is 2. The smallest absolute Gasteiger partial charge is 0.251 e. The van der Waals surface area contributed by atoms with E-state index in [-0.39, 0.29) is 17.7 Å². The van der Waals surface area contributed by atoms with Crippen LogP contribution >= 0.6 is 0 Å². The van der Waals surface area contributed by atoms with Gasteiger partial charge in [0.1, 0.15) is 0 Å². The van der Waals surface area contributed by atoms with Gasteiger partial charge in [0.15, 0.2) is 0 Å². The number of amides is 3. The van der Waals surface area contributed by atoms with Gasteiger partial charge in [0.2, 0.25) is 11.8 Å². The summed E-state index contributed by atoms with van der Waals surface area (Å²) >= 11 is 0. The summed E-state index contributed by atoms with van der Waals surface area (Å²) in [6.45, 7) is 3.11. The summed E-state index contributed by atoms with van der Waals surface area (Å²) in [6, 6.07) is 7.36. The first-order valence-corrected chi connectivity index (χ1v) is 11.3. The van der Waals surface area contributed by atoms with Crippen molar-refractivity contribution in [1.82, 2.24) is 15.1 Å². The molecule has 7 heteroatoms. The van der Waals surface area contributed by atoms with Gasteiger partial charge in [-0.2, -0.15) is 0 Å². The van der Waals surface area contributed by atoms with E-state index in [1.807, 2.05) is 4.90 Å². The maximum atomic E-state index is 12.5. The second-order valence-electron chi connectivity index (χ2n) is 8.89. The molecule has 0 radical (unpaired) electrons. The number of benzene rings is 1. The van der Waals surface area contributed by atoms with Crippen molar-refractivity contribution in [2.45, 2.75) is 51.0 Å². The molecule has 1 aromatic rings. The van der Waals surface area contributed by atoms with Gasteiger partial charge in [-0.05, 0) is 49.8 Å². The molecule has 1 aliphatic heterocycles. The van der Waals surface area contributed by atoms with Crippen LogP contribution in [0.1, 0.15) is 55.3 Å². The van der Waals surface area contributed by atoms with Crippen molar-refractivity contribution in [1.29, 1.82) is 0 Å². The van der Waals surface area contributed by atoms with Crippen LogP contribution in [0, 0.1) is 5.92 Å². The van der Waals surface area contributed by atoms with E-state index >= 15 is 0 Å². The van der Waals surface area contributed by atoms with E-state index in [9.17, 15) is 14.4 Å². The Hall–Kier alpha value is -2.41. The third-order valence-electron chi connectivity index (χ3n) is 6.35. The van der Waals surface area contributed by atoms with E-state index in [1.165, 1.54) is 25.7 Å². The Labute approximate surface area is 178 Å². The predicted octanol–water partition coefficient (Wildman–Crippen LogP) is 2.24. The van der Waals surface area contributed by atoms with Gasteiger partial charge in [0, 0.05) is 49.9 Å². The third-order valence-corrected chi connectivity index (χ3v) is 6.35. The molecule has 30 heavy (non-hydrogen) atoms. The van der Waals surface area contributed by atoms with Gasteiger partial charge in [0.05, 0.1) is 6.54 Å². The Morgan fingerprint density at radius 1 is 0.967 bits per heavy atom. The average Bonchev–Trinajstić information content (AvgIpc) is 3.40. The van der Waals surface area contributed by atoms with Crippen LogP contribution in [0.4, 0.5) is 5.69 Å². The minimum absolute atomic E-state index is 0.0907. The fraction of sp³-hybridized carbons (Fsp3) is 0.609. The largest absolute Gasteiger partial charge is 0.349 e. The Balaban J connectivity index is 1.20. The number of carbonyl (C=O) groups excluding carboxylic acids is 3. The zero-order valence-corrected chi connectivity index (χ0v) is 17.6. The SMILES string of the molecule is O=C(CN1CCN(C(=O)CC2CCCC2)CC1)Nc1cccc(C(=O)NC2CC2)c1. The lowest BCUT2D eigenvalue weighted by Gasteiger charge is -2.34. The van der Waals surface area contributed by atoms with Gasteiger partial charge in [0.25, 0.3) is 5.91 Å². The number of carbonyl (C=O) groups is 3. The van der Waals surface area contributed by atoms with Crippen molar-refractivity contribution in [3.63, 3.8) is 0 Å². The van der Waals surface area contributed by atoms with Gasteiger partial charge in [-0.3, -0.25) is 19.3 Å². The lowest BCUT2D eigenvalue weighted by Crippen LogP contribution is -2.50. The maximum absolute atomic E-state index is 12.5. The summed E-state index contributed by atoms with van der Waals surface area (Å²) in [5.41, 5.74) is 1.20. The standard InChI is InChI=1S/C23H32N4O3/c28-21(24-20-7-3-6-18(15-20)23(30)25-19-8-9-19)16-26-10-12-27(13-11-26)22(29)14-17-4-1-2-5-17/h3,6-7,15,17,19H,1-2,4-5,8-14,16H2,(H,24,28)(H,25,30). The highest BCUT2D eigenvalue weighted by atomic mass is 16.2. The van der Waals surface area contributed by atoms with Crippen LogP contribution in [0.25, 0.3) is 0 Å². The first kappa shape index (κ1) is 20.8. The van der Waals surface area contributed by atoms with Crippen LogP contribution in [0.2, 0.25) is 0 Å². The summed E-state index contributed by atoms with van der Waals surface area (Å²) in [7, 11) is 0. The quantitative estimate of drug-likeness (QED) is 0.720. The van der Waals surface area contributed by atoms with E-state index in [0.29, 0.717) is 62.4 Å². The molecule has 1 aromatic carbocycles. The molecule has 0 aromatic heterocycles. The summed E-state index contributed by atoms with van der Waals surface area (Å²) in [5.74, 6) is 0.656. The maximum Gasteiger partial charge on any atom is 0.251 e. The van der Waals surface area contributed by atoms with E-state index in [0.717, 1.165) is 12.8 Å². The molecule has 0 bridgehead atoms.